The van der Waals surface area contributed by atoms with Crippen molar-refractivity contribution in [3.05, 3.63) is 47.3 Å². The number of methoxy groups -OCH3 is 4. The van der Waals surface area contributed by atoms with Crippen LogP contribution in [-0.2, 0) is 28.5 Å². The summed E-state index contributed by atoms with van der Waals surface area (Å²) in [7, 11) is 5.73. The highest BCUT2D eigenvalue weighted by Crippen LogP contribution is 2.43. The second kappa shape index (κ2) is 19.8. The van der Waals surface area contributed by atoms with Crippen LogP contribution in [0, 0.1) is 35.5 Å². The molecule has 0 saturated carbocycles. The maximum Gasteiger partial charge on any atom is 0.373 e. The van der Waals surface area contributed by atoms with Gasteiger partial charge in [-0.1, -0.05) is 83.9 Å². The van der Waals surface area contributed by atoms with E-state index in [0.29, 0.717) is 6.42 Å². The van der Waals surface area contributed by atoms with E-state index in [0.717, 1.165) is 11.1 Å². The van der Waals surface area contributed by atoms with Gasteiger partial charge < -0.3 is 44.1 Å². The van der Waals surface area contributed by atoms with Crippen molar-refractivity contribution in [1.82, 2.24) is 0 Å². The van der Waals surface area contributed by atoms with Gasteiger partial charge in [0.2, 0.25) is 5.76 Å². The smallest absolute Gasteiger partial charge is 0.373 e. The molecular formula is C37H64O10. The number of esters is 1. The third kappa shape index (κ3) is 11.8. The van der Waals surface area contributed by atoms with Crippen LogP contribution in [0.2, 0.25) is 0 Å². The third-order valence-electron chi connectivity index (χ3n) is 9.79. The Morgan fingerprint density at radius 2 is 1.57 bits per heavy atom. The first kappa shape index (κ1) is 43.0. The molecule has 0 aromatic rings. The van der Waals surface area contributed by atoms with E-state index in [1.54, 1.807) is 19.1 Å². The lowest BCUT2D eigenvalue weighted by atomic mass is 9.76. The highest BCUT2D eigenvalue weighted by molar-refractivity contribution is 5.86. The Morgan fingerprint density at radius 1 is 0.957 bits per heavy atom. The quantitative estimate of drug-likeness (QED) is 0.0685. The van der Waals surface area contributed by atoms with E-state index < -0.39 is 54.1 Å². The molecule has 0 aromatic heterocycles. The molecule has 1 aliphatic heterocycles. The van der Waals surface area contributed by atoms with E-state index in [9.17, 15) is 25.2 Å². The molecule has 0 aliphatic carbocycles. The number of hydrogen-bond acceptors (Lipinski definition) is 10. The summed E-state index contributed by atoms with van der Waals surface area (Å²) in [6.45, 7) is 17.3. The number of hydrogen-bond donors (Lipinski definition) is 4. The molecule has 10 nitrogen and oxygen atoms in total. The molecule has 272 valence electrons. The van der Waals surface area contributed by atoms with Gasteiger partial charge in [-0.15, -0.1) is 0 Å². The van der Waals surface area contributed by atoms with Gasteiger partial charge in [0, 0.05) is 44.3 Å². The average Bonchev–Trinajstić information content (AvgIpc) is 3.04. The maximum atomic E-state index is 11.8. The van der Waals surface area contributed by atoms with Crippen molar-refractivity contribution >= 4 is 5.97 Å². The Balaban J connectivity index is 2.94. The second-order valence-electron chi connectivity index (χ2n) is 13.8. The molecule has 1 aliphatic rings. The first-order valence-corrected chi connectivity index (χ1v) is 16.7. The fraction of sp³-hybridized carbons (Fsp3) is 0.757. The molecule has 0 amide bonds. The fourth-order valence-electron chi connectivity index (χ4n) is 6.60. The van der Waals surface area contributed by atoms with Crippen LogP contribution in [0.5, 0.6) is 0 Å². The standard InChI is InChI=1S/C37H64O10/c1-21(2)35-26(7)29(38)20-37(46-13,47-35)28(9)33(40)27(8)34(41)30(43-10)16-14-15-22(3)17-24(5)32(39)25(6)18-23(4)19-31(44-11)36(42)45-12/h14-16,18-19,21,24-30,32-35,38-41H,17,20H2,1-13H3/b16-14+,22-15+,23-18+,31-19-/t24-,25+,26-,27-,28-,29+,30-,32-,33+,34+,35+,37+/m0/s1. The number of aliphatic hydroxyl groups is 4. The van der Waals surface area contributed by atoms with Crippen LogP contribution in [0.1, 0.15) is 75.2 Å². The lowest BCUT2D eigenvalue weighted by Crippen LogP contribution is -2.59. The van der Waals surface area contributed by atoms with E-state index in [4.69, 9.17) is 23.7 Å². The van der Waals surface area contributed by atoms with Gasteiger partial charge in [-0.05, 0) is 38.2 Å². The Hall–Kier alpha value is -2.05. The van der Waals surface area contributed by atoms with Crippen LogP contribution in [-0.4, -0.2) is 97.2 Å². The molecule has 47 heavy (non-hydrogen) atoms. The molecule has 0 unspecified atom stereocenters. The van der Waals surface area contributed by atoms with Crippen molar-refractivity contribution in [1.29, 1.82) is 0 Å². The largest absolute Gasteiger partial charge is 0.490 e. The minimum Gasteiger partial charge on any atom is -0.490 e. The highest BCUT2D eigenvalue weighted by atomic mass is 16.7. The van der Waals surface area contributed by atoms with Gasteiger partial charge >= 0.3 is 5.97 Å². The predicted molar refractivity (Wildman–Crippen MR) is 183 cm³/mol. The van der Waals surface area contributed by atoms with E-state index >= 15 is 0 Å². The van der Waals surface area contributed by atoms with Crippen LogP contribution in [0.4, 0.5) is 0 Å². The molecule has 4 N–H and O–H groups in total. The molecule has 0 aromatic carbocycles. The summed E-state index contributed by atoms with van der Waals surface area (Å²) in [4.78, 5) is 11.8. The summed E-state index contributed by atoms with van der Waals surface area (Å²) >= 11 is 0. The molecule has 1 fully saturated rings. The Labute approximate surface area is 283 Å². The SMILES string of the molecule is COC(=O)/C(=C/C(C)=C/[C@@H](C)[C@@H](O)[C@@H](C)C/C(C)=C/C=C/[C@H](OC)[C@H](O)[C@@H](C)[C@@H](O)[C@H](C)[C@@]1(OC)C[C@@H](O)[C@H](C)[C@@H](C(C)C)O1)OC. The molecular weight excluding hydrogens is 604 g/mol. The summed E-state index contributed by atoms with van der Waals surface area (Å²) in [6.07, 6.45) is 5.56. The molecule has 0 bridgehead atoms. The minimum atomic E-state index is -1.20. The fourth-order valence-corrected chi connectivity index (χ4v) is 6.60. The van der Waals surface area contributed by atoms with Crippen LogP contribution in [0.3, 0.4) is 0 Å². The molecule has 10 heteroatoms. The topological polar surface area (TPSA) is 144 Å². The van der Waals surface area contributed by atoms with Gasteiger partial charge in [0.05, 0.1) is 44.7 Å². The van der Waals surface area contributed by atoms with Crippen molar-refractivity contribution in [2.45, 2.75) is 118 Å². The lowest BCUT2D eigenvalue weighted by Gasteiger charge is -2.51. The summed E-state index contributed by atoms with van der Waals surface area (Å²) in [5.41, 5.74) is 1.80. The number of carbonyl (C=O) groups is 1. The molecule has 1 rings (SSSR count). The predicted octanol–water partition coefficient (Wildman–Crippen LogP) is 4.96. The van der Waals surface area contributed by atoms with Crippen molar-refractivity contribution in [2.24, 2.45) is 35.5 Å². The number of aliphatic hydroxyl groups excluding tert-OH is 4. The number of ether oxygens (including phenoxy) is 5. The van der Waals surface area contributed by atoms with Crippen LogP contribution >= 0.6 is 0 Å². The van der Waals surface area contributed by atoms with Gasteiger partial charge in [0.25, 0.3) is 0 Å². The van der Waals surface area contributed by atoms with Gasteiger partial charge in [-0.3, -0.25) is 0 Å². The van der Waals surface area contributed by atoms with Gasteiger partial charge in [-0.2, -0.15) is 0 Å². The minimum absolute atomic E-state index is 0.0578. The van der Waals surface area contributed by atoms with Crippen LogP contribution < -0.4 is 0 Å². The number of carbonyl (C=O) groups excluding carboxylic acids is 1. The Kier molecular flexibility index (Phi) is 18.1. The van der Waals surface area contributed by atoms with Crippen molar-refractivity contribution in [3.63, 3.8) is 0 Å². The molecule has 1 saturated heterocycles. The average molecular weight is 669 g/mol. The number of rotatable bonds is 18. The zero-order valence-electron chi connectivity index (χ0n) is 31.0. The van der Waals surface area contributed by atoms with Crippen molar-refractivity contribution in [2.75, 3.05) is 28.4 Å². The molecule has 0 spiro atoms. The van der Waals surface area contributed by atoms with Crippen molar-refractivity contribution < 1.29 is 48.9 Å². The Bertz CT molecular complexity index is 1080. The van der Waals surface area contributed by atoms with Gasteiger partial charge in [0.1, 0.15) is 6.10 Å². The Morgan fingerprint density at radius 3 is 2.09 bits per heavy atom. The lowest BCUT2D eigenvalue weighted by molar-refractivity contribution is -0.338. The summed E-state index contributed by atoms with van der Waals surface area (Å²) in [5, 5.41) is 44.5. The normalized spacial score (nSPS) is 28.4. The van der Waals surface area contributed by atoms with Crippen molar-refractivity contribution in [3.8, 4) is 0 Å². The zero-order valence-corrected chi connectivity index (χ0v) is 31.0. The first-order valence-electron chi connectivity index (χ1n) is 16.7. The van der Waals surface area contributed by atoms with E-state index in [-0.39, 0.29) is 42.0 Å². The third-order valence-corrected chi connectivity index (χ3v) is 9.79. The monoisotopic (exact) mass is 668 g/mol. The maximum absolute atomic E-state index is 11.8. The summed E-state index contributed by atoms with van der Waals surface area (Å²) in [6, 6.07) is 0. The van der Waals surface area contributed by atoms with Crippen LogP contribution in [0.25, 0.3) is 0 Å². The number of allylic oxidation sites excluding steroid dienone is 5. The second-order valence-corrected chi connectivity index (χ2v) is 13.8. The summed E-state index contributed by atoms with van der Waals surface area (Å²) < 4.78 is 27.7. The van der Waals surface area contributed by atoms with E-state index in [1.165, 1.54) is 28.4 Å². The van der Waals surface area contributed by atoms with E-state index in [2.05, 4.69) is 0 Å². The molecule has 0 radical (unpaired) electrons. The van der Waals surface area contributed by atoms with Crippen LogP contribution in [0.15, 0.2) is 47.3 Å². The summed E-state index contributed by atoms with van der Waals surface area (Å²) in [5.74, 6) is -3.01. The zero-order chi connectivity index (χ0) is 36.2. The van der Waals surface area contributed by atoms with Gasteiger partial charge in [0.15, 0.2) is 5.79 Å². The molecule has 12 atom stereocenters. The first-order chi connectivity index (χ1) is 21.9. The van der Waals surface area contributed by atoms with Gasteiger partial charge in [-0.25, -0.2) is 4.79 Å². The molecule has 1 heterocycles. The van der Waals surface area contributed by atoms with E-state index in [1.807, 2.05) is 73.6 Å². The highest BCUT2D eigenvalue weighted by Gasteiger charge is 2.52.